The van der Waals surface area contributed by atoms with Crippen LogP contribution >= 0.6 is 11.6 Å². The Kier molecular flexibility index (Phi) is 5.36. The van der Waals surface area contributed by atoms with Gasteiger partial charge in [0.15, 0.2) is 0 Å². The van der Waals surface area contributed by atoms with Crippen molar-refractivity contribution in [3.05, 3.63) is 64.2 Å². The third-order valence-corrected chi connectivity index (χ3v) is 4.60. The Labute approximate surface area is 151 Å². The Morgan fingerprint density at radius 1 is 1.08 bits per heavy atom. The molecule has 6 heteroatoms. The highest BCUT2D eigenvalue weighted by Gasteiger charge is 2.19. The van der Waals surface area contributed by atoms with E-state index in [0.717, 1.165) is 5.56 Å². The summed E-state index contributed by atoms with van der Waals surface area (Å²) in [5, 5.41) is 3.44. The van der Waals surface area contributed by atoms with E-state index in [9.17, 15) is 9.59 Å². The van der Waals surface area contributed by atoms with Crippen molar-refractivity contribution in [3.63, 3.8) is 0 Å². The molecule has 2 aromatic carbocycles. The summed E-state index contributed by atoms with van der Waals surface area (Å²) >= 11 is 6.08. The summed E-state index contributed by atoms with van der Waals surface area (Å²) < 4.78 is 5.27. The zero-order valence-electron chi connectivity index (χ0n) is 13.9. The summed E-state index contributed by atoms with van der Waals surface area (Å²) in [6.45, 7) is 4.06. The van der Waals surface area contributed by atoms with Crippen LogP contribution in [-0.2, 0) is 4.74 Å². The number of nitrogens with one attached hydrogen (secondary N) is 1. The Hall–Kier alpha value is -2.37. The van der Waals surface area contributed by atoms with Crippen molar-refractivity contribution in [1.82, 2.24) is 4.90 Å². The first-order valence-corrected chi connectivity index (χ1v) is 8.47. The summed E-state index contributed by atoms with van der Waals surface area (Å²) in [6, 6.07) is 12.1. The molecule has 0 radical (unpaired) electrons. The molecule has 0 bridgehead atoms. The second-order valence-electron chi connectivity index (χ2n) is 5.85. The second kappa shape index (κ2) is 7.68. The van der Waals surface area contributed by atoms with Crippen LogP contribution in [0.5, 0.6) is 0 Å². The number of rotatable bonds is 3. The quantitative estimate of drug-likeness (QED) is 0.915. The molecule has 1 saturated heterocycles. The lowest BCUT2D eigenvalue weighted by atomic mass is 10.1. The maximum atomic E-state index is 12.6. The fourth-order valence-corrected chi connectivity index (χ4v) is 2.85. The maximum absolute atomic E-state index is 12.6. The van der Waals surface area contributed by atoms with Crippen molar-refractivity contribution in [3.8, 4) is 0 Å². The number of hydrogen-bond donors (Lipinski definition) is 1. The third kappa shape index (κ3) is 4.00. The molecule has 0 aliphatic carbocycles. The molecule has 1 fully saturated rings. The number of morpholine rings is 1. The Balaban J connectivity index is 1.77. The van der Waals surface area contributed by atoms with Gasteiger partial charge in [0.1, 0.15) is 0 Å². The van der Waals surface area contributed by atoms with E-state index in [1.54, 1.807) is 47.4 Å². The second-order valence-corrected chi connectivity index (χ2v) is 6.26. The van der Waals surface area contributed by atoms with Gasteiger partial charge in [0.2, 0.25) is 0 Å². The molecule has 0 saturated carbocycles. The van der Waals surface area contributed by atoms with Crippen LogP contribution in [0.2, 0.25) is 5.02 Å². The molecule has 0 aromatic heterocycles. The maximum Gasteiger partial charge on any atom is 0.255 e. The van der Waals surface area contributed by atoms with Gasteiger partial charge in [-0.25, -0.2) is 0 Å². The number of nitrogens with zero attached hydrogens (tertiary/aromatic N) is 1. The molecule has 5 nitrogen and oxygen atoms in total. The lowest BCUT2D eigenvalue weighted by Crippen LogP contribution is -2.40. The molecule has 0 spiro atoms. The van der Waals surface area contributed by atoms with Gasteiger partial charge < -0.3 is 15.0 Å². The van der Waals surface area contributed by atoms with Gasteiger partial charge in [-0.05, 0) is 42.8 Å². The first kappa shape index (κ1) is 17.5. The van der Waals surface area contributed by atoms with E-state index in [-0.39, 0.29) is 11.8 Å². The van der Waals surface area contributed by atoms with Gasteiger partial charge in [-0.2, -0.15) is 0 Å². The van der Waals surface area contributed by atoms with Gasteiger partial charge in [-0.15, -0.1) is 0 Å². The van der Waals surface area contributed by atoms with Crippen LogP contribution in [-0.4, -0.2) is 43.0 Å². The Morgan fingerprint density at radius 3 is 2.52 bits per heavy atom. The van der Waals surface area contributed by atoms with E-state index >= 15 is 0 Å². The first-order chi connectivity index (χ1) is 12.1. The van der Waals surface area contributed by atoms with Crippen LogP contribution in [0.25, 0.3) is 0 Å². The van der Waals surface area contributed by atoms with Crippen molar-refractivity contribution < 1.29 is 14.3 Å². The Morgan fingerprint density at radius 2 is 1.76 bits per heavy atom. The van der Waals surface area contributed by atoms with E-state index in [2.05, 4.69) is 5.32 Å². The first-order valence-electron chi connectivity index (χ1n) is 8.10. The van der Waals surface area contributed by atoms with E-state index in [4.69, 9.17) is 16.3 Å². The average molecular weight is 359 g/mol. The number of hydrogen-bond acceptors (Lipinski definition) is 3. The van der Waals surface area contributed by atoms with Gasteiger partial charge in [0.05, 0.1) is 13.2 Å². The van der Waals surface area contributed by atoms with Crippen molar-refractivity contribution in [2.75, 3.05) is 31.6 Å². The normalized spacial score (nSPS) is 14.2. The number of ether oxygens (including phenoxy) is 1. The molecule has 2 amide bonds. The zero-order valence-corrected chi connectivity index (χ0v) is 14.7. The van der Waals surface area contributed by atoms with Crippen molar-refractivity contribution in [1.29, 1.82) is 0 Å². The van der Waals surface area contributed by atoms with Crippen LogP contribution in [0, 0.1) is 6.92 Å². The highest BCUT2D eigenvalue weighted by molar-refractivity contribution is 6.31. The molecular formula is C19H19ClN2O3. The minimum absolute atomic E-state index is 0.0862. The molecule has 0 unspecified atom stereocenters. The van der Waals surface area contributed by atoms with Crippen LogP contribution in [0.15, 0.2) is 42.5 Å². The molecule has 3 rings (SSSR count). The monoisotopic (exact) mass is 358 g/mol. The predicted molar refractivity (Wildman–Crippen MR) is 97.3 cm³/mol. The van der Waals surface area contributed by atoms with E-state index < -0.39 is 0 Å². The third-order valence-electron chi connectivity index (χ3n) is 4.19. The standard InChI is InChI=1S/C19H19ClN2O3/c1-13-16(20)6-3-7-17(13)21-18(23)14-4-2-5-15(12-14)19(24)22-8-10-25-11-9-22/h2-7,12H,8-11H2,1H3,(H,21,23). The van der Waals surface area contributed by atoms with Gasteiger partial charge in [-0.1, -0.05) is 23.7 Å². The molecule has 1 heterocycles. The van der Waals surface area contributed by atoms with Gasteiger partial charge in [-0.3, -0.25) is 9.59 Å². The number of halogens is 1. The topological polar surface area (TPSA) is 58.6 Å². The smallest absolute Gasteiger partial charge is 0.255 e. The van der Waals surface area contributed by atoms with Crippen molar-refractivity contribution >= 4 is 29.1 Å². The lowest BCUT2D eigenvalue weighted by Gasteiger charge is -2.27. The number of anilines is 1. The van der Waals surface area contributed by atoms with Crippen LogP contribution in [0.1, 0.15) is 26.3 Å². The van der Waals surface area contributed by atoms with Crippen molar-refractivity contribution in [2.24, 2.45) is 0 Å². The minimum Gasteiger partial charge on any atom is -0.378 e. The van der Waals surface area contributed by atoms with Gasteiger partial charge >= 0.3 is 0 Å². The molecular weight excluding hydrogens is 340 g/mol. The summed E-state index contributed by atoms with van der Waals surface area (Å²) in [5.41, 5.74) is 2.39. The summed E-state index contributed by atoms with van der Waals surface area (Å²) in [5.74, 6) is -0.362. The number of carbonyl (C=O) groups excluding carboxylic acids is 2. The van der Waals surface area contributed by atoms with E-state index in [0.29, 0.717) is 48.1 Å². The van der Waals surface area contributed by atoms with Crippen LogP contribution < -0.4 is 5.32 Å². The fraction of sp³-hybridized carbons (Fsp3) is 0.263. The average Bonchev–Trinajstić information content (AvgIpc) is 2.65. The molecule has 2 aromatic rings. The number of carbonyl (C=O) groups is 2. The van der Waals surface area contributed by atoms with E-state index in [1.807, 2.05) is 6.92 Å². The lowest BCUT2D eigenvalue weighted by molar-refractivity contribution is 0.0303. The SMILES string of the molecule is Cc1c(Cl)cccc1NC(=O)c1cccc(C(=O)N2CCOCC2)c1. The summed E-state index contributed by atoms with van der Waals surface area (Å²) in [4.78, 5) is 26.8. The highest BCUT2D eigenvalue weighted by atomic mass is 35.5. The predicted octanol–water partition coefficient (Wildman–Crippen LogP) is 3.37. The van der Waals surface area contributed by atoms with Crippen molar-refractivity contribution in [2.45, 2.75) is 6.92 Å². The minimum atomic E-state index is -0.276. The van der Waals surface area contributed by atoms with Gasteiger partial charge in [0, 0.05) is 34.9 Å². The molecule has 130 valence electrons. The summed E-state index contributed by atoms with van der Waals surface area (Å²) in [6.07, 6.45) is 0. The van der Waals surface area contributed by atoms with E-state index in [1.165, 1.54) is 0 Å². The summed E-state index contributed by atoms with van der Waals surface area (Å²) in [7, 11) is 0. The fourth-order valence-electron chi connectivity index (χ4n) is 2.68. The largest absolute Gasteiger partial charge is 0.378 e. The van der Waals surface area contributed by atoms with Gasteiger partial charge in [0.25, 0.3) is 11.8 Å². The molecule has 0 atom stereocenters. The molecule has 1 aliphatic rings. The van der Waals surface area contributed by atoms with Crippen LogP contribution in [0.3, 0.4) is 0 Å². The number of amides is 2. The van der Waals surface area contributed by atoms with Crippen LogP contribution in [0.4, 0.5) is 5.69 Å². The molecule has 1 aliphatic heterocycles. The zero-order chi connectivity index (χ0) is 17.8. The number of benzene rings is 2. The highest BCUT2D eigenvalue weighted by Crippen LogP contribution is 2.23. The molecule has 1 N–H and O–H groups in total. The molecule has 25 heavy (non-hydrogen) atoms. The Bertz CT molecular complexity index is 801.